The summed E-state index contributed by atoms with van der Waals surface area (Å²) in [5.41, 5.74) is 3.47. The monoisotopic (exact) mass is 326 g/mol. The van der Waals surface area contributed by atoms with Gasteiger partial charge in [-0.2, -0.15) is 0 Å². The van der Waals surface area contributed by atoms with E-state index >= 15 is 0 Å². The van der Waals surface area contributed by atoms with Crippen LogP contribution < -0.4 is 5.32 Å². The molecule has 2 unspecified atom stereocenters. The Hall–Kier alpha value is -2.10. The molecule has 2 aromatic rings. The van der Waals surface area contributed by atoms with E-state index in [1.807, 2.05) is 19.1 Å². The van der Waals surface area contributed by atoms with Gasteiger partial charge in [0, 0.05) is 17.6 Å². The lowest BCUT2D eigenvalue weighted by molar-refractivity contribution is 0.0527. The number of aromatic nitrogens is 1. The average Bonchev–Trinajstić information content (AvgIpc) is 2.57. The number of carbonyl (C=O) groups excluding carboxylic acids is 1. The Bertz CT molecular complexity index is 742. The minimum Gasteiger partial charge on any atom is -0.462 e. The molecule has 0 saturated heterocycles. The summed E-state index contributed by atoms with van der Waals surface area (Å²) in [7, 11) is 0. The molecule has 0 amide bonds. The summed E-state index contributed by atoms with van der Waals surface area (Å²) in [6.07, 6.45) is 6.54. The van der Waals surface area contributed by atoms with E-state index in [2.05, 4.69) is 30.2 Å². The Kier molecular flexibility index (Phi) is 5.03. The van der Waals surface area contributed by atoms with Gasteiger partial charge in [-0.25, -0.2) is 4.79 Å². The SMILES string of the molecule is CCOC(=O)c1cnc2ccc(C)cc2c1NC1CCCCC1C. The maximum absolute atomic E-state index is 12.4. The van der Waals surface area contributed by atoms with E-state index in [0.29, 0.717) is 24.1 Å². The number of esters is 1. The van der Waals surface area contributed by atoms with E-state index in [4.69, 9.17) is 4.74 Å². The van der Waals surface area contributed by atoms with Gasteiger partial charge in [-0.1, -0.05) is 31.4 Å². The van der Waals surface area contributed by atoms with Crippen LogP contribution in [0.1, 0.15) is 55.5 Å². The predicted molar refractivity (Wildman–Crippen MR) is 97.5 cm³/mol. The van der Waals surface area contributed by atoms with Crippen molar-refractivity contribution in [2.75, 3.05) is 11.9 Å². The molecule has 4 heteroatoms. The van der Waals surface area contributed by atoms with Gasteiger partial charge in [-0.05, 0) is 44.7 Å². The molecule has 1 aromatic heterocycles. The number of carbonyl (C=O) groups is 1. The van der Waals surface area contributed by atoms with Gasteiger partial charge < -0.3 is 10.1 Å². The van der Waals surface area contributed by atoms with Gasteiger partial charge in [-0.3, -0.25) is 4.98 Å². The fourth-order valence-electron chi connectivity index (χ4n) is 3.54. The molecular formula is C20H26N2O2. The summed E-state index contributed by atoms with van der Waals surface area (Å²) in [5, 5.41) is 4.67. The number of aryl methyl sites for hydroxylation is 1. The molecule has 4 nitrogen and oxygen atoms in total. The van der Waals surface area contributed by atoms with E-state index in [1.165, 1.54) is 19.3 Å². The largest absolute Gasteiger partial charge is 0.462 e. The standard InChI is InChI=1S/C20H26N2O2/c1-4-24-20(23)16-12-21-18-10-9-13(2)11-15(18)19(16)22-17-8-6-5-7-14(17)3/h9-12,14,17H,4-8H2,1-3H3,(H,21,22). The van der Waals surface area contributed by atoms with Crippen molar-refractivity contribution in [2.45, 2.75) is 52.5 Å². The van der Waals surface area contributed by atoms with Crippen LogP contribution in [0.15, 0.2) is 24.4 Å². The van der Waals surface area contributed by atoms with E-state index in [0.717, 1.165) is 28.6 Å². The minimum absolute atomic E-state index is 0.306. The lowest BCUT2D eigenvalue weighted by atomic mass is 9.85. The third-order valence-electron chi connectivity index (χ3n) is 4.96. The first-order chi connectivity index (χ1) is 11.6. The van der Waals surface area contributed by atoms with E-state index in [9.17, 15) is 4.79 Å². The summed E-state index contributed by atoms with van der Waals surface area (Å²) in [6.45, 7) is 6.54. The zero-order valence-electron chi connectivity index (χ0n) is 14.8. The number of hydrogen-bond acceptors (Lipinski definition) is 4. The smallest absolute Gasteiger partial charge is 0.341 e. The van der Waals surface area contributed by atoms with Crippen molar-refractivity contribution in [2.24, 2.45) is 5.92 Å². The number of fused-ring (bicyclic) bond motifs is 1. The molecule has 1 saturated carbocycles. The Morgan fingerprint density at radius 1 is 1.33 bits per heavy atom. The third-order valence-corrected chi connectivity index (χ3v) is 4.96. The van der Waals surface area contributed by atoms with Crippen molar-refractivity contribution in [1.29, 1.82) is 0 Å². The summed E-state index contributed by atoms with van der Waals surface area (Å²) >= 11 is 0. The number of anilines is 1. The summed E-state index contributed by atoms with van der Waals surface area (Å²) < 4.78 is 5.24. The molecule has 128 valence electrons. The Morgan fingerprint density at radius 2 is 2.12 bits per heavy atom. The Balaban J connectivity index is 2.07. The molecule has 0 bridgehead atoms. The van der Waals surface area contributed by atoms with Crippen LogP contribution in [0.25, 0.3) is 10.9 Å². The van der Waals surface area contributed by atoms with E-state index in [-0.39, 0.29) is 5.97 Å². The highest BCUT2D eigenvalue weighted by atomic mass is 16.5. The first kappa shape index (κ1) is 16.7. The minimum atomic E-state index is -0.306. The van der Waals surface area contributed by atoms with Gasteiger partial charge in [0.2, 0.25) is 0 Å². The van der Waals surface area contributed by atoms with Crippen LogP contribution in [0.4, 0.5) is 5.69 Å². The van der Waals surface area contributed by atoms with Gasteiger partial charge >= 0.3 is 5.97 Å². The number of benzene rings is 1. The number of nitrogens with one attached hydrogen (secondary N) is 1. The number of ether oxygens (including phenoxy) is 1. The molecule has 1 aliphatic rings. The molecule has 24 heavy (non-hydrogen) atoms. The predicted octanol–water partition coefficient (Wildman–Crippen LogP) is 4.71. The summed E-state index contributed by atoms with van der Waals surface area (Å²) in [4.78, 5) is 16.9. The van der Waals surface area contributed by atoms with Crippen molar-refractivity contribution in [3.8, 4) is 0 Å². The third kappa shape index (κ3) is 3.37. The van der Waals surface area contributed by atoms with Gasteiger partial charge in [0.1, 0.15) is 5.56 Å². The van der Waals surface area contributed by atoms with Crippen LogP contribution in [-0.4, -0.2) is 23.6 Å². The first-order valence-electron chi connectivity index (χ1n) is 8.93. The highest BCUT2D eigenvalue weighted by Gasteiger charge is 2.24. The topological polar surface area (TPSA) is 51.2 Å². The van der Waals surface area contributed by atoms with Crippen LogP contribution >= 0.6 is 0 Å². The van der Waals surface area contributed by atoms with Gasteiger partial charge in [0.05, 0.1) is 17.8 Å². The van der Waals surface area contributed by atoms with Gasteiger partial charge in [0.15, 0.2) is 0 Å². The zero-order valence-corrected chi connectivity index (χ0v) is 14.8. The molecule has 0 radical (unpaired) electrons. The lowest BCUT2D eigenvalue weighted by Gasteiger charge is -2.31. The summed E-state index contributed by atoms with van der Waals surface area (Å²) in [6, 6.07) is 6.54. The maximum Gasteiger partial charge on any atom is 0.341 e. The lowest BCUT2D eigenvalue weighted by Crippen LogP contribution is -2.31. The second kappa shape index (κ2) is 7.20. The fourth-order valence-corrected chi connectivity index (χ4v) is 3.54. The van der Waals surface area contributed by atoms with Crippen LogP contribution in [0, 0.1) is 12.8 Å². The van der Waals surface area contributed by atoms with Gasteiger partial charge in [-0.15, -0.1) is 0 Å². The number of rotatable bonds is 4. The zero-order chi connectivity index (χ0) is 17.1. The van der Waals surface area contributed by atoms with Crippen molar-refractivity contribution in [1.82, 2.24) is 4.98 Å². The maximum atomic E-state index is 12.4. The molecule has 1 N–H and O–H groups in total. The van der Waals surface area contributed by atoms with E-state index in [1.54, 1.807) is 6.20 Å². The molecule has 1 aliphatic carbocycles. The second-order valence-electron chi connectivity index (χ2n) is 6.80. The van der Waals surface area contributed by atoms with Crippen molar-refractivity contribution in [3.63, 3.8) is 0 Å². The second-order valence-corrected chi connectivity index (χ2v) is 6.80. The molecule has 1 heterocycles. The van der Waals surface area contributed by atoms with Crippen molar-refractivity contribution < 1.29 is 9.53 Å². The Morgan fingerprint density at radius 3 is 2.88 bits per heavy atom. The molecule has 3 rings (SSSR count). The van der Waals surface area contributed by atoms with Crippen molar-refractivity contribution >= 4 is 22.6 Å². The fraction of sp³-hybridized carbons (Fsp3) is 0.500. The molecule has 1 fully saturated rings. The molecule has 2 atom stereocenters. The molecular weight excluding hydrogens is 300 g/mol. The highest BCUT2D eigenvalue weighted by molar-refractivity contribution is 6.05. The number of nitrogens with zero attached hydrogens (tertiary/aromatic N) is 1. The quantitative estimate of drug-likeness (QED) is 0.827. The highest BCUT2D eigenvalue weighted by Crippen LogP contribution is 2.32. The number of hydrogen-bond donors (Lipinski definition) is 1. The van der Waals surface area contributed by atoms with Gasteiger partial charge in [0.25, 0.3) is 0 Å². The van der Waals surface area contributed by atoms with Crippen LogP contribution in [0.5, 0.6) is 0 Å². The number of pyridine rings is 1. The summed E-state index contributed by atoms with van der Waals surface area (Å²) in [5.74, 6) is 0.293. The van der Waals surface area contributed by atoms with E-state index < -0.39 is 0 Å². The Labute approximate surface area is 143 Å². The normalized spacial score (nSPS) is 20.8. The van der Waals surface area contributed by atoms with Crippen LogP contribution in [0.3, 0.4) is 0 Å². The first-order valence-corrected chi connectivity index (χ1v) is 8.93. The van der Waals surface area contributed by atoms with Crippen LogP contribution in [0.2, 0.25) is 0 Å². The molecule has 1 aromatic carbocycles. The van der Waals surface area contributed by atoms with Crippen LogP contribution in [-0.2, 0) is 4.74 Å². The van der Waals surface area contributed by atoms with Crippen molar-refractivity contribution in [3.05, 3.63) is 35.5 Å². The molecule has 0 spiro atoms. The molecule has 0 aliphatic heterocycles. The average molecular weight is 326 g/mol.